The van der Waals surface area contributed by atoms with Crippen molar-refractivity contribution in [2.24, 2.45) is 5.92 Å². The van der Waals surface area contributed by atoms with E-state index in [-0.39, 0.29) is 24.0 Å². The SMILES string of the molecule is CCOc1cc([C@@H]2/C(=C(\O)c3ccc4c(c3)C[C@H](C)O4)C(=O)C(=O)N2Cc2ccncc2)ccc1OCCC(C)C. The lowest BCUT2D eigenvalue weighted by Crippen LogP contribution is -2.29. The molecule has 0 bridgehead atoms. The number of rotatable bonds is 10. The molecule has 3 aromatic rings. The number of aromatic nitrogens is 1. The Morgan fingerprint density at radius 3 is 2.59 bits per heavy atom. The summed E-state index contributed by atoms with van der Waals surface area (Å²) in [7, 11) is 0. The first-order valence-electron chi connectivity index (χ1n) is 14.1. The fourth-order valence-corrected chi connectivity index (χ4v) is 5.29. The molecule has 8 heteroatoms. The second-order valence-corrected chi connectivity index (χ2v) is 10.9. The van der Waals surface area contributed by atoms with Gasteiger partial charge >= 0.3 is 0 Å². The number of hydrogen-bond donors (Lipinski definition) is 1. The monoisotopic (exact) mass is 556 g/mol. The molecule has 8 nitrogen and oxygen atoms in total. The number of aliphatic hydroxyl groups is 1. The second-order valence-electron chi connectivity index (χ2n) is 10.9. The van der Waals surface area contributed by atoms with Gasteiger partial charge in [0.25, 0.3) is 11.7 Å². The number of amides is 1. The van der Waals surface area contributed by atoms with Gasteiger partial charge in [-0.3, -0.25) is 14.6 Å². The van der Waals surface area contributed by atoms with Gasteiger partial charge in [0.05, 0.1) is 24.8 Å². The third-order valence-corrected chi connectivity index (χ3v) is 7.35. The molecule has 0 radical (unpaired) electrons. The van der Waals surface area contributed by atoms with Crippen molar-refractivity contribution in [3.63, 3.8) is 0 Å². The van der Waals surface area contributed by atoms with E-state index in [1.54, 1.807) is 48.8 Å². The van der Waals surface area contributed by atoms with Crippen LogP contribution in [0.1, 0.15) is 62.4 Å². The van der Waals surface area contributed by atoms with E-state index in [4.69, 9.17) is 14.2 Å². The van der Waals surface area contributed by atoms with Crippen LogP contribution in [-0.4, -0.2) is 46.0 Å². The second kappa shape index (κ2) is 12.0. The van der Waals surface area contributed by atoms with Crippen LogP contribution in [-0.2, 0) is 22.6 Å². The lowest BCUT2D eigenvalue weighted by atomic mass is 9.94. The highest BCUT2D eigenvalue weighted by molar-refractivity contribution is 6.46. The Hall–Kier alpha value is -4.33. The number of hydrogen-bond acceptors (Lipinski definition) is 7. The minimum absolute atomic E-state index is 0.0339. The van der Waals surface area contributed by atoms with Gasteiger partial charge in [0.15, 0.2) is 11.5 Å². The molecule has 1 N–H and O–H groups in total. The molecule has 1 saturated heterocycles. The molecule has 1 amide bonds. The lowest BCUT2D eigenvalue weighted by molar-refractivity contribution is -0.140. The summed E-state index contributed by atoms with van der Waals surface area (Å²) in [5, 5.41) is 11.6. The van der Waals surface area contributed by atoms with Gasteiger partial charge in [-0.15, -0.1) is 0 Å². The van der Waals surface area contributed by atoms with Crippen LogP contribution in [0.5, 0.6) is 17.2 Å². The van der Waals surface area contributed by atoms with Crippen molar-refractivity contribution in [3.8, 4) is 17.2 Å². The zero-order valence-electron chi connectivity index (χ0n) is 23.9. The number of likely N-dealkylation sites (tertiary alicyclic amines) is 1. The Bertz CT molecular complexity index is 1470. The molecular weight excluding hydrogens is 520 g/mol. The number of carbonyl (C=O) groups is 2. The Kier molecular flexibility index (Phi) is 8.28. The largest absolute Gasteiger partial charge is 0.507 e. The van der Waals surface area contributed by atoms with Crippen molar-refractivity contribution in [1.29, 1.82) is 0 Å². The Balaban J connectivity index is 1.60. The summed E-state index contributed by atoms with van der Waals surface area (Å²) >= 11 is 0. The van der Waals surface area contributed by atoms with Gasteiger partial charge in [-0.2, -0.15) is 0 Å². The van der Waals surface area contributed by atoms with Gasteiger partial charge in [0, 0.05) is 30.9 Å². The van der Waals surface area contributed by atoms with E-state index >= 15 is 0 Å². The lowest BCUT2D eigenvalue weighted by Gasteiger charge is -2.26. The Labute approximate surface area is 240 Å². The first kappa shape index (κ1) is 28.2. The smallest absolute Gasteiger partial charge is 0.295 e. The van der Waals surface area contributed by atoms with Crippen LogP contribution in [0.15, 0.2) is 66.5 Å². The maximum atomic E-state index is 13.6. The van der Waals surface area contributed by atoms with Gasteiger partial charge in [-0.1, -0.05) is 19.9 Å². The van der Waals surface area contributed by atoms with E-state index in [2.05, 4.69) is 18.8 Å². The highest BCUT2D eigenvalue weighted by Gasteiger charge is 2.46. The van der Waals surface area contributed by atoms with Crippen molar-refractivity contribution < 1.29 is 28.9 Å². The van der Waals surface area contributed by atoms with Crippen molar-refractivity contribution >= 4 is 17.4 Å². The van der Waals surface area contributed by atoms with E-state index in [1.165, 1.54) is 4.90 Å². The summed E-state index contributed by atoms with van der Waals surface area (Å²) < 4.78 is 17.8. The zero-order chi connectivity index (χ0) is 29.1. The van der Waals surface area contributed by atoms with Crippen LogP contribution < -0.4 is 14.2 Å². The molecule has 214 valence electrons. The number of ether oxygens (including phenoxy) is 3. The summed E-state index contributed by atoms with van der Waals surface area (Å²) in [5.74, 6) is 0.735. The number of aliphatic hydroxyl groups excluding tert-OH is 1. The van der Waals surface area contributed by atoms with Gasteiger partial charge in [-0.25, -0.2) is 0 Å². The molecule has 5 rings (SSSR count). The van der Waals surface area contributed by atoms with Gasteiger partial charge in [0.2, 0.25) is 0 Å². The number of nitrogens with zero attached hydrogens (tertiary/aromatic N) is 2. The number of fused-ring (bicyclic) bond motifs is 1. The number of carbonyl (C=O) groups excluding carboxylic acids is 2. The van der Waals surface area contributed by atoms with Gasteiger partial charge in [0.1, 0.15) is 17.6 Å². The minimum atomic E-state index is -0.837. The van der Waals surface area contributed by atoms with Gasteiger partial charge in [-0.05, 0) is 85.3 Å². The van der Waals surface area contributed by atoms with Crippen molar-refractivity contribution in [2.75, 3.05) is 13.2 Å². The van der Waals surface area contributed by atoms with Crippen LogP contribution in [0.4, 0.5) is 0 Å². The molecule has 0 unspecified atom stereocenters. The predicted octanol–water partition coefficient (Wildman–Crippen LogP) is 5.85. The average molecular weight is 557 g/mol. The summed E-state index contributed by atoms with van der Waals surface area (Å²) in [5.41, 5.74) is 2.90. The molecule has 2 aliphatic heterocycles. The molecule has 0 saturated carbocycles. The van der Waals surface area contributed by atoms with E-state index in [9.17, 15) is 14.7 Å². The third kappa shape index (κ3) is 5.92. The average Bonchev–Trinajstić information content (AvgIpc) is 3.45. The van der Waals surface area contributed by atoms with Crippen molar-refractivity contribution in [2.45, 2.75) is 59.2 Å². The summed E-state index contributed by atoms with van der Waals surface area (Å²) in [6.07, 6.45) is 4.92. The molecule has 2 aliphatic rings. The van der Waals surface area contributed by atoms with Crippen LogP contribution in [0.2, 0.25) is 0 Å². The number of benzene rings is 2. The molecule has 2 atom stereocenters. The van der Waals surface area contributed by atoms with Crippen LogP contribution >= 0.6 is 0 Å². The minimum Gasteiger partial charge on any atom is -0.507 e. The van der Waals surface area contributed by atoms with Crippen LogP contribution in [0.3, 0.4) is 0 Å². The van der Waals surface area contributed by atoms with E-state index in [0.29, 0.717) is 48.2 Å². The summed E-state index contributed by atoms with van der Waals surface area (Å²) in [6.45, 7) is 9.26. The predicted molar refractivity (Wildman–Crippen MR) is 155 cm³/mol. The topological polar surface area (TPSA) is 98.2 Å². The highest BCUT2D eigenvalue weighted by Crippen LogP contribution is 2.43. The molecular formula is C33H36N2O6. The van der Waals surface area contributed by atoms with E-state index in [1.807, 2.05) is 26.0 Å². The normalized spacial score (nSPS) is 19.4. The quantitative estimate of drug-likeness (QED) is 0.190. The summed E-state index contributed by atoms with van der Waals surface area (Å²) in [6, 6.07) is 13.6. The zero-order valence-corrected chi connectivity index (χ0v) is 23.9. The first-order chi connectivity index (χ1) is 19.8. The van der Waals surface area contributed by atoms with Crippen molar-refractivity contribution in [3.05, 3.63) is 88.8 Å². The molecule has 1 fully saturated rings. The maximum Gasteiger partial charge on any atom is 0.295 e. The molecule has 1 aromatic heterocycles. The fraction of sp³-hybridized carbons (Fsp3) is 0.364. The van der Waals surface area contributed by atoms with Crippen LogP contribution in [0, 0.1) is 5.92 Å². The standard InChI is InChI=1S/C33H36N2O6/c1-5-39-28-18-23(6-9-27(28)40-15-12-20(2)3)30-29(31(36)24-7-8-26-25(17-24)16-21(4)41-26)32(37)33(38)35(30)19-22-10-13-34-14-11-22/h6-11,13-14,17-18,20-21,30,36H,5,12,15-16,19H2,1-4H3/b31-29+/t21-,30+/m0/s1. The highest BCUT2D eigenvalue weighted by atomic mass is 16.5. The van der Waals surface area contributed by atoms with E-state index < -0.39 is 17.7 Å². The third-order valence-electron chi connectivity index (χ3n) is 7.35. The number of Topliss-reactive ketones (excluding diaryl/α,β-unsaturated/α-hetero) is 1. The fourth-order valence-electron chi connectivity index (χ4n) is 5.29. The van der Waals surface area contributed by atoms with E-state index in [0.717, 1.165) is 23.3 Å². The Morgan fingerprint density at radius 1 is 1.07 bits per heavy atom. The van der Waals surface area contributed by atoms with Crippen molar-refractivity contribution in [1.82, 2.24) is 9.88 Å². The number of pyridine rings is 1. The molecule has 0 spiro atoms. The molecule has 2 aromatic carbocycles. The van der Waals surface area contributed by atoms with Gasteiger partial charge < -0.3 is 24.2 Å². The van der Waals surface area contributed by atoms with Crippen LogP contribution in [0.25, 0.3) is 5.76 Å². The Morgan fingerprint density at radius 2 is 1.85 bits per heavy atom. The maximum absolute atomic E-state index is 13.6. The summed E-state index contributed by atoms with van der Waals surface area (Å²) in [4.78, 5) is 32.6. The molecule has 0 aliphatic carbocycles. The molecule has 3 heterocycles. The first-order valence-corrected chi connectivity index (χ1v) is 14.1. The number of ketones is 1. The molecule has 41 heavy (non-hydrogen) atoms.